The molecule has 0 saturated carbocycles. The predicted octanol–water partition coefficient (Wildman–Crippen LogP) is 19.6. The zero-order valence-corrected chi connectivity index (χ0v) is 47.0. The van der Waals surface area contributed by atoms with Crippen LogP contribution in [0, 0.1) is 0 Å². The van der Waals surface area contributed by atoms with Gasteiger partial charge in [0.25, 0.3) is 0 Å². The number of nitrogens with one attached hydrogen (secondary N) is 1. The lowest BCUT2D eigenvalue weighted by molar-refractivity contribution is -0.143. The number of hydrogen-bond donors (Lipinski definition) is 3. The van der Waals surface area contributed by atoms with Gasteiger partial charge in [-0.05, 0) is 51.4 Å². The number of esters is 1. The summed E-state index contributed by atoms with van der Waals surface area (Å²) >= 11 is 0. The number of allylic oxidation sites excluding steroid dienone is 5. The molecular weight excluding hydrogens is 863 g/mol. The van der Waals surface area contributed by atoms with Crippen molar-refractivity contribution >= 4 is 11.9 Å². The molecule has 0 heterocycles. The van der Waals surface area contributed by atoms with Crippen LogP contribution in [0.2, 0.25) is 0 Å². The van der Waals surface area contributed by atoms with E-state index < -0.39 is 12.1 Å². The average molecular weight is 985 g/mol. The largest absolute Gasteiger partial charge is 0.466 e. The Bertz CT molecular complexity index is 1130. The van der Waals surface area contributed by atoms with E-state index in [0.717, 1.165) is 51.4 Å². The molecule has 1 amide bonds. The molecule has 0 aromatic heterocycles. The van der Waals surface area contributed by atoms with Crippen molar-refractivity contribution in [2.24, 2.45) is 0 Å². The van der Waals surface area contributed by atoms with Gasteiger partial charge in [0.05, 0.1) is 25.4 Å². The smallest absolute Gasteiger partial charge is 0.305 e. The predicted molar refractivity (Wildman–Crippen MR) is 306 cm³/mol. The second kappa shape index (κ2) is 59.6. The molecule has 70 heavy (non-hydrogen) atoms. The Morgan fingerprint density at radius 2 is 0.729 bits per heavy atom. The Balaban J connectivity index is 3.55. The molecule has 6 nitrogen and oxygen atoms in total. The molecule has 0 aliphatic carbocycles. The number of ether oxygens (including phenoxy) is 1. The van der Waals surface area contributed by atoms with Crippen LogP contribution in [-0.2, 0) is 14.3 Å². The van der Waals surface area contributed by atoms with Crippen molar-refractivity contribution in [1.82, 2.24) is 5.32 Å². The molecule has 412 valence electrons. The first-order valence-corrected chi connectivity index (χ1v) is 31.3. The second-order valence-electron chi connectivity index (χ2n) is 21.4. The molecule has 0 aromatic rings. The zero-order valence-electron chi connectivity index (χ0n) is 47.0. The van der Waals surface area contributed by atoms with E-state index in [4.69, 9.17) is 4.74 Å². The summed E-state index contributed by atoms with van der Waals surface area (Å²) in [4.78, 5) is 24.5. The van der Waals surface area contributed by atoms with E-state index in [0.29, 0.717) is 25.9 Å². The van der Waals surface area contributed by atoms with Crippen LogP contribution in [0.4, 0.5) is 0 Å². The molecular formula is C64H121NO5. The summed E-state index contributed by atoms with van der Waals surface area (Å²) in [7, 11) is 0. The van der Waals surface area contributed by atoms with Gasteiger partial charge in [0.2, 0.25) is 5.91 Å². The molecule has 0 saturated heterocycles. The summed E-state index contributed by atoms with van der Waals surface area (Å²) in [5.41, 5.74) is 0. The van der Waals surface area contributed by atoms with Gasteiger partial charge >= 0.3 is 5.97 Å². The lowest BCUT2D eigenvalue weighted by Gasteiger charge is -2.19. The first-order chi connectivity index (χ1) is 34.5. The molecule has 0 bridgehead atoms. The molecule has 2 atom stereocenters. The van der Waals surface area contributed by atoms with Gasteiger partial charge in [-0.3, -0.25) is 9.59 Å². The minimum Gasteiger partial charge on any atom is -0.466 e. The highest BCUT2D eigenvalue weighted by atomic mass is 16.5. The summed E-state index contributed by atoms with van der Waals surface area (Å²) in [6.07, 6.45) is 74.8. The number of carbonyl (C=O) groups excluding carboxylic acids is 2. The van der Waals surface area contributed by atoms with Crippen LogP contribution in [-0.4, -0.2) is 47.4 Å². The number of hydrogen-bond acceptors (Lipinski definition) is 5. The van der Waals surface area contributed by atoms with E-state index in [1.165, 1.54) is 250 Å². The second-order valence-corrected chi connectivity index (χ2v) is 21.4. The molecule has 0 aliphatic rings. The molecule has 6 heteroatoms. The minimum atomic E-state index is -0.881. The molecule has 0 radical (unpaired) electrons. The van der Waals surface area contributed by atoms with Gasteiger partial charge in [-0.2, -0.15) is 0 Å². The molecule has 3 N–H and O–H groups in total. The lowest BCUT2D eigenvalue weighted by Crippen LogP contribution is -2.45. The van der Waals surface area contributed by atoms with Crippen molar-refractivity contribution in [1.29, 1.82) is 0 Å². The Hall–Kier alpha value is -1.92. The van der Waals surface area contributed by atoms with Crippen molar-refractivity contribution in [3.63, 3.8) is 0 Å². The van der Waals surface area contributed by atoms with Crippen LogP contribution in [0.25, 0.3) is 0 Å². The van der Waals surface area contributed by atoms with E-state index in [-0.39, 0.29) is 18.5 Å². The lowest BCUT2D eigenvalue weighted by atomic mass is 10.0. The summed E-state index contributed by atoms with van der Waals surface area (Å²) in [5, 5.41) is 23.1. The van der Waals surface area contributed by atoms with Gasteiger partial charge in [-0.25, -0.2) is 0 Å². The first kappa shape index (κ1) is 68.1. The highest BCUT2D eigenvalue weighted by molar-refractivity contribution is 5.76. The van der Waals surface area contributed by atoms with Gasteiger partial charge in [-0.1, -0.05) is 307 Å². The van der Waals surface area contributed by atoms with E-state index >= 15 is 0 Å². The third-order valence-electron chi connectivity index (χ3n) is 14.4. The van der Waals surface area contributed by atoms with E-state index in [1.807, 2.05) is 12.2 Å². The van der Waals surface area contributed by atoms with Gasteiger partial charge < -0.3 is 20.3 Å². The Morgan fingerprint density at radius 1 is 0.400 bits per heavy atom. The van der Waals surface area contributed by atoms with Gasteiger partial charge in [-0.15, -0.1) is 0 Å². The van der Waals surface area contributed by atoms with Gasteiger partial charge in [0.1, 0.15) is 0 Å². The van der Waals surface area contributed by atoms with Crippen molar-refractivity contribution < 1.29 is 24.5 Å². The summed E-state index contributed by atoms with van der Waals surface area (Å²) in [6.45, 7) is 4.87. The maximum absolute atomic E-state index is 12.5. The fourth-order valence-corrected chi connectivity index (χ4v) is 9.63. The minimum absolute atomic E-state index is 0.0145. The molecule has 0 aliphatic heterocycles. The van der Waals surface area contributed by atoms with E-state index in [2.05, 4.69) is 37.4 Å². The Labute approximate surface area is 436 Å². The van der Waals surface area contributed by atoms with Crippen LogP contribution in [0.15, 0.2) is 36.5 Å². The number of amides is 1. The number of carbonyl (C=O) groups is 2. The maximum atomic E-state index is 12.5. The van der Waals surface area contributed by atoms with E-state index in [9.17, 15) is 19.8 Å². The van der Waals surface area contributed by atoms with E-state index in [1.54, 1.807) is 6.08 Å². The van der Waals surface area contributed by atoms with Crippen LogP contribution in [0.5, 0.6) is 0 Å². The van der Waals surface area contributed by atoms with Crippen molar-refractivity contribution in [2.45, 2.75) is 347 Å². The molecule has 0 spiro atoms. The Morgan fingerprint density at radius 3 is 1.11 bits per heavy atom. The maximum Gasteiger partial charge on any atom is 0.305 e. The third kappa shape index (κ3) is 55.4. The van der Waals surface area contributed by atoms with Crippen LogP contribution < -0.4 is 5.32 Å². The van der Waals surface area contributed by atoms with Crippen molar-refractivity contribution in [2.75, 3.05) is 13.2 Å². The number of aliphatic hydroxyl groups is 2. The number of rotatable bonds is 58. The normalized spacial score (nSPS) is 12.8. The summed E-state index contributed by atoms with van der Waals surface area (Å²) < 4.78 is 5.47. The first-order valence-electron chi connectivity index (χ1n) is 31.3. The standard InChI is InChI=1S/C64H121NO5/c1-3-5-7-9-11-13-15-17-19-21-22-23-24-25-26-27-28-29-32-36-40-44-48-52-56-62(67)61(60-66)65-63(68)57-53-49-45-41-37-33-31-35-39-43-47-51-55-59-70-64(69)58-54-50-46-42-38-34-30-20-18-16-14-12-10-8-6-4-2/h33,37,45,49,52,56,61-62,66-67H,3-32,34-36,38-44,46-48,50-51,53-55,57-60H2,1-2H3,(H,65,68)/b37-33-,49-45-,56-52+. The molecule has 0 fully saturated rings. The summed E-state index contributed by atoms with van der Waals surface area (Å²) in [5.74, 6) is -0.160. The summed E-state index contributed by atoms with van der Waals surface area (Å²) in [6, 6.07) is -0.673. The quantitative estimate of drug-likeness (QED) is 0.0321. The van der Waals surface area contributed by atoms with Crippen molar-refractivity contribution in [3.8, 4) is 0 Å². The van der Waals surface area contributed by atoms with Crippen LogP contribution in [0.3, 0.4) is 0 Å². The average Bonchev–Trinajstić information content (AvgIpc) is 3.36. The Kier molecular flexibility index (Phi) is 58.0. The highest BCUT2D eigenvalue weighted by Crippen LogP contribution is 2.18. The van der Waals surface area contributed by atoms with Gasteiger partial charge in [0, 0.05) is 12.8 Å². The highest BCUT2D eigenvalue weighted by Gasteiger charge is 2.17. The topological polar surface area (TPSA) is 95.9 Å². The number of aliphatic hydroxyl groups excluding tert-OH is 2. The monoisotopic (exact) mass is 984 g/mol. The fourth-order valence-electron chi connectivity index (χ4n) is 9.63. The van der Waals surface area contributed by atoms with Gasteiger partial charge in [0.15, 0.2) is 0 Å². The molecule has 2 unspecified atom stereocenters. The van der Waals surface area contributed by atoms with Crippen LogP contribution in [0.1, 0.15) is 335 Å². The number of unbranched alkanes of at least 4 members (excludes halogenated alkanes) is 43. The zero-order chi connectivity index (χ0) is 50.7. The fraction of sp³-hybridized carbons (Fsp3) is 0.875. The molecule has 0 rings (SSSR count). The van der Waals surface area contributed by atoms with Crippen LogP contribution >= 0.6 is 0 Å². The molecule has 0 aromatic carbocycles. The third-order valence-corrected chi connectivity index (χ3v) is 14.4. The van der Waals surface area contributed by atoms with Crippen molar-refractivity contribution in [3.05, 3.63) is 36.5 Å². The SMILES string of the molecule is CCCCCCCCCCCCCCCCCCCCCCCC/C=C/C(O)C(CO)NC(=O)CC/C=C\C/C=C\CCCCCCCCOC(=O)CCCCCCCCCCCCCCCCCC.